The van der Waals surface area contributed by atoms with Crippen LogP contribution in [-0.4, -0.2) is 104 Å². The molecule has 0 bridgehead atoms. The monoisotopic (exact) mass is 677 g/mol. The van der Waals surface area contributed by atoms with Gasteiger partial charge in [0.2, 0.25) is 6.54 Å². The fraction of sp³-hybridized carbons (Fsp3) is 0.486. The first-order valence-electron chi connectivity index (χ1n) is 16.3. The van der Waals surface area contributed by atoms with Crippen molar-refractivity contribution in [3.63, 3.8) is 0 Å². The average Bonchev–Trinajstić information content (AvgIpc) is 3.92. The molecule has 252 valence electrons. The molecule has 0 spiro atoms. The summed E-state index contributed by atoms with van der Waals surface area (Å²) in [4.78, 5) is 34.0. The third kappa shape index (κ3) is 6.27. The van der Waals surface area contributed by atoms with Gasteiger partial charge in [-0.25, -0.2) is 15.4 Å². The molecule has 3 fully saturated rings. The molecule has 4 aliphatic rings. The van der Waals surface area contributed by atoms with Crippen molar-refractivity contribution in [3.05, 3.63) is 76.3 Å². The number of carbonyl (C=O) groups is 1. The molecule has 2 aromatic carbocycles. The molecule has 13 heteroatoms. The SMILES string of the molecule is [C-]#[N+]C[C@H]1CN(c2nc(OCC3(CN(C)C4CC4)COC3)nc3c2CCN(c2cccc4ccc(F)c(Cl)c24)C3)CCN1C(=O)C(=C)F. The van der Waals surface area contributed by atoms with E-state index in [1.54, 1.807) is 6.07 Å². The molecule has 4 heterocycles. The van der Waals surface area contributed by atoms with Gasteiger partial charge in [0.25, 0.3) is 5.91 Å². The normalized spacial score (nSPS) is 20.3. The Morgan fingerprint density at radius 1 is 1.21 bits per heavy atom. The second-order valence-electron chi connectivity index (χ2n) is 13.4. The highest BCUT2D eigenvalue weighted by Gasteiger charge is 2.43. The van der Waals surface area contributed by atoms with Gasteiger partial charge >= 0.3 is 6.01 Å². The first-order chi connectivity index (χ1) is 23.2. The number of hydrogen-bond donors (Lipinski definition) is 0. The Morgan fingerprint density at radius 3 is 2.73 bits per heavy atom. The lowest BCUT2D eigenvalue weighted by molar-refractivity contribution is -0.143. The predicted octanol–water partition coefficient (Wildman–Crippen LogP) is 4.89. The van der Waals surface area contributed by atoms with Crippen molar-refractivity contribution in [2.75, 3.05) is 75.9 Å². The van der Waals surface area contributed by atoms with Gasteiger partial charge in [-0.3, -0.25) is 4.79 Å². The maximum Gasteiger partial charge on any atom is 0.318 e. The fourth-order valence-electron chi connectivity index (χ4n) is 7.21. The minimum atomic E-state index is -1.04. The van der Waals surface area contributed by atoms with Gasteiger partial charge in [-0.1, -0.05) is 36.4 Å². The summed E-state index contributed by atoms with van der Waals surface area (Å²) in [5.74, 6) is -1.62. The number of nitrogens with zero attached hydrogens (tertiary/aromatic N) is 7. The Morgan fingerprint density at radius 2 is 2.02 bits per heavy atom. The van der Waals surface area contributed by atoms with E-state index in [1.807, 2.05) is 18.2 Å². The zero-order chi connectivity index (χ0) is 33.6. The number of benzene rings is 2. The number of aromatic nitrogens is 2. The molecular formula is C35H38ClF2N7O3. The molecule has 0 unspecified atom stereocenters. The molecule has 0 radical (unpaired) electrons. The van der Waals surface area contributed by atoms with Gasteiger partial charge in [-0.15, -0.1) is 0 Å². The Balaban J connectivity index is 1.21. The summed E-state index contributed by atoms with van der Waals surface area (Å²) in [5.41, 5.74) is 2.38. The number of amides is 1. The third-order valence-corrected chi connectivity index (χ3v) is 10.3. The van der Waals surface area contributed by atoms with E-state index in [0.29, 0.717) is 69.7 Å². The molecule has 7 rings (SSSR count). The molecule has 1 atom stereocenters. The molecule has 0 N–H and O–H groups in total. The van der Waals surface area contributed by atoms with Gasteiger partial charge in [-0.2, -0.15) is 9.97 Å². The second kappa shape index (κ2) is 13.1. The van der Waals surface area contributed by atoms with Crippen molar-refractivity contribution in [1.82, 2.24) is 19.8 Å². The number of halogens is 3. The number of carbonyl (C=O) groups excluding carboxylic acids is 1. The molecular weight excluding hydrogens is 640 g/mol. The largest absolute Gasteiger partial charge is 0.463 e. The highest BCUT2D eigenvalue weighted by molar-refractivity contribution is 6.36. The van der Waals surface area contributed by atoms with Crippen molar-refractivity contribution in [3.8, 4) is 6.01 Å². The predicted molar refractivity (Wildman–Crippen MR) is 180 cm³/mol. The van der Waals surface area contributed by atoms with E-state index in [-0.39, 0.29) is 29.5 Å². The van der Waals surface area contributed by atoms with Crippen LogP contribution < -0.4 is 14.5 Å². The summed E-state index contributed by atoms with van der Waals surface area (Å²) in [6.45, 7) is 15.1. The van der Waals surface area contributed by atoms with Crippen molar-refractivity contribution >= 4 is 39.8 Å². The summed E-state index contributed by atoms with van der Waals surface area (Å²) < 4.78 is 40.6. The Labute approximate surface area is 283 Å². The minimum absolute atomic E-state index is 0.0232. The smallest absolute Gasteiger partial charge is 0.318 e. The third-order valence-electron chi connectivity index (χ3n) is 9.93. The summed E-state index contributed by atoms with van der Waals surface area (Å²) in [6, 6.07) is 9.22. The van der Waals surface area contributed by atoms with Gasteiger partial charge in [0.15, 0.2) is 5.83 Å². The Kier molecular flexibility index (Phi) is 8.87. The maximum atomic E-state index is 14.6. The van der Waals surface area contributed by atoms with E-state index in [4.69, 9.17) is 37.6 Å². The van der Waals surface area contributed by atoms with E-state index in [9.17, 15) is 13.6 Å². The molecule has 1 saturated carbocycles. The van der Waals surface area contributed by atoms with Gasteiger partial charge in [0.1, 0.15) is 24.3 Å². The molecule has 1 aliphatic carbocycles. The summed E-state index contributed by atoms with van der Waals surface area (Å²) in [5, 5.41) is 1.58. The zero-order valence-corrected chi connectivity index (χ0v) is 27.7. The van der Waals surface area contributed by atoms with E-state index >= 15 is 0 Å². The fourth-order valence-corrected chi connectivity index (χ4v) is 7.48. The standard InChI is InChI=1S/C35H38ClF2N7O3/c1-22(37)33(46)45-14-13-44(16-25(45)15-39-2)32-26-11-12-43(29-6-4-5-23-7-10-27(38)31(36)30(23)29)17-28(26)40-34(41-32)48-21-35(19-47-20-35)18-42(3)24-8-9-24/h4-7,10,24-25H,1,8-9,11-21H2,3H3/t25-/m0/s1. The van der Waals surface area contributed by atoms with Crippen LogP contribution in [0.4, 0.5) is 20.3 Å². The number of hydrogen-bond acceptors (Lipinski definition) is 8. The second-order valence-corrected chi connectivity index (χ2v) is 13.8. The van der Waals surface area contributed by atoms with Crippen LogP contribution in [-0.2, 0) is 22.5 Å². The molecule has 1 aromatic heterocycles. The number of ether oxygens (including phenoxy) is 2. The van der Waals surface area contributed by atoms with Crippen molar-refractivity contribution in [2.45, 2.75) is 37.9 Å². The highest BCUT2D eigenvalue weighted by atomic mass is 35.5. The van der Waals surface area contributed by atoms with Gasteiger partial charge in [0, 0.05) is 55.4 Å². The maximum absolute atomic E-state index is 14.6. The van der Waals surface area contributed by atoms with Crippen LogP contribution in [0.15, 0.2) is 42.7 Å². The summed E-state index contributed by atoms with van der Waals surface area (Å²) in [7, 11) is 2.15. The van der Waals surface area contributed by atoms with Crippen LogP contribution in [0.3, 0.4) is 0 Å². The lowest BCUT2D eigenvalue weighted by Crippen LogP contribution is -2.57. The van der Waals surface area contributed by atoms with E-state index < -0.39 is 23.6 Å². The molecule has 2 saturated heterocycles. The number of anilines is 2. The van der Waals surface area contributed by atoms with E-state index in [2.05, 4.69) is 33.2 Å². The summed E-state index contributed by atoms with van der Waals surface area (Å²) in [6.07, 6.45) is 3.01. The molecule has 3 aromatic rings. The molecule has 3 aliphatic heterocycles. The van der Waals surface area contributed by atoms with Gasteiger partial charge in [0.05, 0.1) is 35.9 Å². The quantitative estimate of drug-likeness (QED) is 0.222. The highest BCUT2D eigenvalue weighted by Crippen LogP contribution is 2.39. The van der Waals surface area contributed by atoms with Crippen molar-refractivity contribution in [1.29, 1.82) is 0 Å². The van der Waals surface area contributed by atoms with Crippen LogP contribution >= 0.6 is 11.6 Å². The van der Waals surface area contributed by atoms with Gasteiger partial charge < -0.3 is 33.9 Å². The van der Waals surface area contributed by atoms with Crippen LogP contribution in [0, 0.1) is 17.8 Å². The molecule has 48 heavy (non-hydrogen) atoms. The Hall–Kier alpha value is -4.05. The number of fused-ring (bicyclic) bond motifs is 2. The number of rotatable bonds is 10. The topological polar surface area (TPSA) is 78.6 Å². The van der Waals surface area contributed by atoms with Gasteiger partial charge in [-0.05, 0) is 43.8 Å². The lowest BCUT2D eigenvalue weighted by atomic mass is 9.86. The van der Waals surface area contributed by atoms with Crippen molar-refractivity contribution in [2.24, 2.45) is 5.41 Å². The average molecular weight is 678 g/mol. The van der Waals surface area contributed by atoms with Crippen LogP contribution in [0.2, 0.25) is 5.02 Å². The van der Waals surface area contributed by atoms with Crippen LogP contribution in [0.1, 0.15) is 24.1 Å². The summed E-state index contributed by atoms with van der Waals surface area (Å²) >= 11 is 6.51. The van der Waals surface area contributed by atoms with E-state index in [1.165, 1.54) is 23.8 Å². The van der Waals surface area contributed by atoms with Crippen LogP contribution in [0.5, 0.6) is 6.01 Å². The van der Waals surface area contributed by atoms with E-state index in [0.717, 1.165) is 28.9 Å². The number of piperazine rings is 1. The molecule has 1 amide bonds. The lowest BCUT2D eigenvalue weighted by Gasteiger charge is -2.43. The van der Waals surface area contributed by atoms with Crippen molar-refractivity contribution < 1.29 is 23.0 Å². The molecule has 10 nitrogen and oxygen atoms in total. The van der Waals surface area contributed by atoms with Crippen LogP contribution in [0.25, 0.3) is 15.6 Å². The first-order valence-corrected chi connectivity index (χ1v) is 16.7. The first kappa shape index (κ1) is 32.5. The minimum Gasteiger partial charge on any atom is -0.463 e. The zero-order valence-electron chi connectivity index (χ0n) is 26.9. The Bertz CT molecular complexity index is 1790.